The van der Waals surface area contributed by atoms with E-state index in [1.165, 1.54) is 19.2 Å². The van der Waals surface area contributed by atoms with Gasteiger partial charge < -0.3 is 5.32 Å². The van der Waals surface area contributed by atoms with Crippen molar-refractivity contribution in [3.8, 4) is 0 Å². The average molecular weight is 314 g/mol. The van der Waals surface area contributed by atoms with Crippen LogP contribution in [-0.4, -0.2) is 7.05 Å². The summed E-state index contributed by atoms with van der Waals surface area (Å²) in [5, 5.41) is 5.54. The van der Waals surface area contributed by atoms with Gasteiger partial charge in [-0.1, -0.05) is 11.6 Å². The Morgan fingerprint density at radius 1 is 1.17 bits per heavy atom. The molecule has 0 aromatic carbocycles. The predicted molar refractivity (Wildman–Crippen MR) is 84.7 cm³/mol. The molecule has 0 saturated heterocycles. The second-order valence-electron chi connectivity index (χ2n) is 4.13. The van der Waals surface area contributed by atoms with Crippen molar-refractivity contribution in [3.05, 3.63) is 43.2 Å². The monoisotopic (exact) mass is 313 g/mol. The van der Waals surface area contributed by atoms with Gasteiger partial charge >= 0.3 is 0 Å². The maximum Gasteiger partial charge on any atom is 0.0961 e. The van der Waals surface area contributed by atoms with Gasteiger partial charge in [0.15, 0.2) is 0 Å². The molecule has 3 aromatic heterocycles. The SMILES string of the molecule is CNC(c1cc(C)c(Cl)s1)c1cc2sccc2s1. The Balaban J connectivity index is 2.03. The normalized spacial score (nSPS) is 13.3. The Morgan fingerprint density at radius 3 is 2.56 bits per heavy atom. The zero-order valence-electron chi connectivity index (χ0n) is 9.99. The largest absolute Gasteiger partial charge is 0.308 e. The van der Waals surface area contributed by atoms with Gasteiger partial charge in [0, 0.05) is 19.2 Å². The molecule has 5 heteroatoms. The standard InChI is InChI=1S/C13H12ClNS3/c1-7-5-10(18-13(7)14)12(15-2)11-6-9-8(17-11)3-4-16-9/h3-6,12,15H,1-2H3. The summed E-state index contributed by atoms with van der Waals surface area (Å²) in [5.74, 6) is 0. The third-order valence-corrected chi connectivity index (χ3v) is 6.67. The van der Waals surface area contributed by atoms with Crippen molar-refractivity contribution in [1.82, 2.24) is 5.32 Å². The number of hydrogen-bond donors (Lipinski definition) is 1. The summed E-state index contributed by atoms with van der Waals surface area (Å²) in [6.45, 7) is 2.06. The van der Waals surface area contributed by atoms with Crippen molar-refractivity contribution in [3.63, 3.8) is 0 Å². The molecule has 1 nitrogen and oxygen atoms in total. The topological polar surface area (TPSA) is 12.0 Å². The van der Waals surface area contributed by atoms with Crippen LogP contribution in [0.4, 0.5) is 0 Å². The summed E-state index contributed by atoms with van der Waals surface area (Å²) in [4.78, 5) is 2.64. The smallest absolute Gasteiger partial charge is 0.0961 e. The van der Waals surface area contributed by atoms with Gasteiger partial charge in [-0.3, -0.25) is 0 Å². The molecule has 0 amide bonds. The second-order valence-corrected chi connectivity index (χ2v) is 7.87. The van der Waals surface area contributed by atoms with Crippen LogP contribution >= 0.6 is 45.6 Å². The van der Waals surface area contributed by atoms with Gasteiger partial charge in [-0.15, -0.1) is 34.0 Å². The van der Waals surface area contributed by atoms with Crippen LogP contribution in [0.2, 0.25) is 4.34 Å². The molecular weight excluding hydrogens is 302 g/mol. The average Bonchev–Trinajstić information content (AvgIpc) is 2.96. The third-order valence-electron chi connectivity index (χ3n) is 2.89. The molecule has 1 atom stereocenters. The molecule has 94 valence electrons. The molecule has 0 fully saturated rings. The fourth-order valence-electron chi connectivity index (χ4n) is 1.98. The van der Waals surface area contributed by atoms with Crippen LogP contribution in [0.15, 0.2) is 23.6 Å². The van der Waals surface area contributed by atoms with Gasteiger partial charge in [0.1, 0.15) is 0 Å². The predicted octanol–water partition coefficient (Wildman–Crippen LogP) is 5.29. The van der Waals surface area contributed by atoms with E-state index >= 15 is 0 Å². The first kappa shape index (κ1) is 12.6. The number of rotatable bonds is 3. The highest BCUT2D eigenvalue weighted by molar-refractivity contribution is 7.27. The van der Waals surface area contributed by atoms with Gasteiger partial charge in [0.05, 0.1) is 10.4 Å². The summed E-state index contributed by atoms with van der Waals surface area (Å²) in [5.41, 5.74) is 1.16. The van der Waals surface area contributed by atoms with E-state index in [4.69, 9.17) is 11.6 Å². The Hall–Kier alpha value is -0.390. The zero-order chi connectivity index (χ0) is 12.7. The maximum absolute atomic E-state index is 6.17. The molecule has 0 spiro atoms. The van der Waals surface area contributed by atoms with E-state index in [1.807, 2.05) is 18.4 Å². The maximum atomic E-state index is 6.17. The van der Waals surface area contributed by atoms with Crippen LogP contribution in [0.1, 0.15) is 21.4 Å². The van der Waals surface area contributed by atoms with Crippen molar-refractivity contribution in [2.24, 2.45) is 0 Å². The molecule has 0 bridgehead atoms. The lowest BCUT2D eigenvalue weighted by molar-refractivity contribution is 0.716. The van der Waals surface area contributed by atoms with Crippen LogP contribution in [0, 0.1) is 6.92 Å². The number of nitrogens with one attached hydrogen (secondary N) is 1. The third kappa shape index (κ3) is 2.12. The summed E-state index contributed by atoms with van der Waals surface area (Å²) >= 11 is 11.5. The lowest BCUT2D eigenvalue weighted by atomic mass is 10.2. The van der Waals surface area contributed by atoms with E-state index in [0.717, 1.165) is 9.90 Å². The Bertz CT molecular complexity index is 631. The molecule has 3 aromatic rings. The van der Waals surface area contributed by atoms with E-state index in [0.29, 0.717) is 0 Å². The minimum atomic E-state index is 0.255. The van der Waals surface area contributed by atoms with Gasteiger partial charge in [0.25, 0.3) is 0 Å². The highest BCUT2D eigenvalue weighted by Crippen LogP contribution is 2.39. The van der Waals surface area contributed by atoms with E-state index in [1.54, 1.807) is 22.7 Å². The minimum Gasteiger partial charge on any atom is -0.308 e. The van der Waals surface area contributed by atoms with Crippen molar-refractivity contribution in [2.75, 3.05) is 7.05 Å². The van der Waals surface area contributed by atoms with Gasteiger partial charge in [-0.2, -0.15) is 0 Å². The molecule has 3 rings (SSSR count). The second kappa shape index (κ2) is 4.94. The first-order chi connectivity index (χ1) is 8.69. The molecular formula is C13H12ClNS3. The fourth-order valence-corrected chi connectivity index (χ4v) is 5.65. The number of thiophene rings is 3. The molecule has 0 saturated carbocycles. The minimum absolute atomic E-state index is 0.255. The molecule has 0 aliphatic carbocycles. The molecule has 0 radical (unpaired) electrons. The van der Waals surface area contributed by atoms with Gasteiger partial charge in [0.2, 0.25) is 0 Å². The Labute approximate surface area is 123 Å². The first-order valence-corrected chi connectivity index (χ1v) is 8.48. The Kier molecular flexibility index (Phi) is 3.47. The zero-order valence-corrected chi connectivity index (χ0v) is 13.2. The number of hydrogen-bond acceptors (Lipinski definition) is 4. The van der Waals surface area contributed by atoms with Crippen LogP contribution < -0.4 is 5.32 Å². The van der Waals surface area contributed by atoms with Gasteiger partial charge in [-0.05, 0) is 43.1 Å². The first-order valence-electron chi connectivity index (χ1n) is 5.59. The van der Waals surface area contributed by atoms with Crippen molar-refractivity contribution >= 4 is 55.0 Å². The lowest BCUT2D eigenvalue weighted by Gasteiger charge is -2.11. The summed E-state index contributed by atoms with van der Waals surface area (Å²) < 4.78 is 3.63. The molecule has 3 heterocycles. The highest BCUT2D eigenvalue weighted by Gasteiger charge is 2.18. The summed E-state index contributed by atoms with van der Waals surface area (Å²) in [6, 6.07) is 6.91. The number of fused-ring (bicyclic) bond motifs is 1. The molecule has 0 aliphatic rings. The van der Waals surface area contributed by atoms with Crippen LogP contribution in [-0.2, 0) is 0 Å². The van der Waals surface area contributed by atoms with Crippen molar-refractivity contribution in [2.45, 2.75) is 13.0 Å². The van der Waals surface area contributed by atoms with Gasteiger partial charge in [-0.25, -0.2) is 0 Å². The lowest BCUT2D eigenvalue weighted by Crippen LogP contribution is -2.14. The quantitative estimate of drug-likeness (QED) is 0.692. The van der Waals surface area contributed by atoms with Crippen molar-refractivity contribution in [1.29, 1.82) is 0 Å². The Morgan fingerprint density at radius 2 is 1.94 bits per heavy atom. The molecule has 18 heavy (non-hydrogen) atoms. The molecule has 1 unspecified atom stereocenters. The number of halogens is 1. The highest BCUT2D eigenvalue weighted by atomic mass is 35.5. The van der Waals surface area contributed by atoms with Crippen molar-refractivity contribution < 1.29 is 0 Å². The summed E-state index contributed by atoms with van der Waals surface area (Å²) in [7, 11) is 2.00. The van der Waals surface area contributed by atoms with E-state index in [2.05, 4.69) is 35.8 Å². The van der Waals surface area contributed by atoms with Crippen LogP contribution in [0.5, 0.6) is 0 Å². The van der Waals surface area contributed by atoms with Crippen LogP contribution in [0.3, 0.4) is 0 Å². The van der Waals surface area contributed by atoms with E-state index in [9.17, 15) is 0 Å². The fraction of sp³-hybridized carbons (Fsp3) is 0.231. The molecule has 0 aliphatic heterocycles. The molecule has 1 N–H and O–H groups in total. The van der Waals surface area contributed by atoms with E-state index < -0.39 is 0 Å². The van der Waals surface area contributed by atoms with Crippen LogP contribution in [0.25, 0.3) is 9.40 Å². The van der Waals surface area contributed by atoms with E-state index in [-0.39, 0.29) is 6.04 Å². The number of aryl methyl sites for hydroxylation is 1. The summed E-state index contributed by atoms with van der Waals surface area (Å²) in [6.07, 6.45) is 0.